The Kier molecular flexibility index (Phi) is 4.89. The molecule has 124 valence electrons. The first-order valence-electron chi connectivity index (χ1n) is 8.37. The lowest BCUT2D eigenvalue weighted by Crippen LogP contribution is -2.32. The van der Waals surface area contributed by atoms with E-state index >= 15 is 0 Å². The van der Waals surface area contributed by atoms with Gasteiger partial charge in [-0.25, -0.2) is 4.98 Å². The number of hydrogen-bond acceptors (Lipinski definition) is 3. The molecule has 0 aliphatic heterocycles. The largest absolute Gasteiger partial charge is 0.350 e. The molecular weight excluding hydrogens is 300 g/mol. The lowest BCUT2D eigenvalue weighted by molar-refractivity contribution is -0.124. The highest BCUT2D eigenvalue weighted by Gasteiger charge is 2.23. The third kappa shape index (κ3) is 3.15. The van der Waals surface area contributed by atoms with Crippen molar-refractivity contribution in [2.24, 2.45) is 0 Å². The molecule has 0 aliphatic rings. The van der Waals surface area contributed by atoms with Crippen molar-refractivity contribution in [3.63, 3.8) is 0 Å². The van der Waals surface area contributed by atoms with E-state index in [4.69, 9.17) is 0 Å². The van der Waals surface area contributed by atoms with Crippen LogP contribution in [-0.4, -0.2) is 20.4 Å². The predicted molar refractivity (Wildman–Crippen MR) is 94.5 cm³/mol. The average Bonchev–Trinajstić information content (AvgIpc) is 3.00. The van der Waals surface area contributed by atoms with E-state index in [0.29, 0.717) is 13.0 Å². The Morgan fingerprint density at radius 1 is 1.21 bits per heavy atom. The molecule has 0 bridgehead atoms. The van der Waals surface area contributed by atoms with Crippen molar-refractivity contribution in [2.75, 3.05) is 0 Å². The molecule has 5 nitrogen and oxygen atoms in total. The maximum atomic E-state index is 12.8. The Morgan fingerprint density at radius 3 is 2.75 bits per heavy atom. The van der Waals surface area contributed by atoms with Gasteiger partial charge in [0.05, 0.1) is 11.0 Å². The van der Waals surface area contributed by atoms with Crippen molar-refractivity contribution in [1.29, 1.82) is 0 Å². The predicted octanol–water partition coefficient (Wildman–Crippen LogP) is 3.26. The molecule has 3 rings (SSSR count). The second-order valence-electron chi connectivity index (χ2n) is 5.74. The van der Waals surface area contributed by atoms with Gasteiger partial charge in [0, 0.05) is 25.4 Å². The first-order chi connectivity index (χ1) is 11.7. The van der Waals surface area contributed by atoms with Gasteiger partial charge < -0.3 is 9.88 Å². The van der Waals surface area contributed by atoms with Gasteiger partial charge in [0.25, 0.3) is 0 Å². The van der Waals surface area contributed by atoms with Crippen LogP contribution in [0.5, 0.6) is 0 Å². The summed E-state index contributed by atoms with van der Waals surface area (Å²) < 4.78 is 2.08. The van der Waals surface area contributed by atoms with Gasteiger partial charge in [-0.1, -0.05) is 32.0 Å². The molecule has 0 unspecified atom stereocenters. The molecule has 2 heterocycles. The summed E-state index contributed by atoms with van der Waals surface area (Å²) in [6, 6.07) is 11.5. The van der Waals surface area contributed by atoms with E-state index in [1.165, 1.54) is 0 Å². The molecule has 1 aromatic carbocycles. The molecule has 1 N–H and O–H groups in total. The Bertz CT molecular complexity index is 826. The van der Waals surface area contributed by atoms with Gasteiger partial charge in [-0.05, 0) is 30.2 Å². The number of imidazole rings is 1. The highest BCUT2D eigenvalue weighted by molar-refractivity contribution is 5.84. The van der Waals surface area contributed by atoms with Crippen LogP contribution in [0, 0.1) is 0 Å². The normalized spacial score (nSPS) is 12.2. The summed E-state index contributed by atoms with van der Waals surface area (Å²) in [6.07, 6.45) is 5.00. The summed E-state index contributed by atoms with van der Waals surface area (Å²) in [5.41, 5.74) is 2.94. The summed E-state index contributed by atoms with van der Waals surface area (Å²) in [7, 11) is 0. The van der Waals surface area contributed by atoms with Crippen molar-refractivity contribution in [1.82, 2.24) is 19.9 Å². The third-order valence-corrected chi connectivity index (χ3v) is 4.18. The molecule has 0 spiro atoms. The van der Waals surface area contributed by atoms with Crippen LogP contribution >= 0.6 is 0 Å². The number of nitrogens with zero attached hydrogens (tertiary/aromatic N) is 3. The van der Waals surface area contributed by atoms with Gasteiger partial charge in [0.2, 0.25) is 5.91 Å². The van der Waals surface area contributed by atoms with E-state index in [1.807, 2.05) is 43.3 Å². The van der Waals surface area contributed by atoms with Crippen molar-refractivity contribution < 1.29 is 4.79 Å². The zero-order valence-electron chi connectivity index (χ0n) is 14.1. The molecule has 0 fully saturated rings. The fourth-order valence-corrected chi connectivity index (χ4v) is 2.99. The first kappa shape index (κ1) is 16.2. The number of benzene rings is 1. The minimum absolute atomic E-state index is 0.0132. The summed E-state index contributed by atoms with van der Waals surface area (Å²) in [5.74, 6) is 0.957. The minimum atomic E-state index is -0.260. The minimum Gasteiger partial charge on any atom is -0.350 e. The van der Waals surface area contributed by atoms with E-state index in [0.717, 1.165) is 28.8 Å². The van der Waals surface area contributed by atoms with Crippen molar-refractivity contribution >= 4 is 16.9 Å². The van der Waals surface area contributed by atoms with Crippen molar-refractivity contribution in [3.05, 3.63) is 60.2 Å². The van der Waals surface area contributed by atoms with Gasteiger partial charge >= 0.3 is 0 Å². The molecule has 2 aromatic heterocycles. The number of carbonyl (C=O) groups excluding carboxylic acids is 1. The van der Waals surface area contributed by atoms with Gasteiger partial charge in [-0.3, -0.25) is 9.78 Å². The topological polar surface area (TPSA) is 59.8 Å². The van der Waals surface area contributed by atoms with Gasteiger partial charge in [-0.2, -0.15) is 0 Å². The zero-order chi connectivity index (χ0) is 16.9. The van der Waals surface area contributed by atoms with E-state index < -0.39 is 0 Å². The second-order valence-corrected chi connectivity index (χ2v) is 5.74. The monoisotopic (exact) mass is 322 g/mol. The Labute approximate surface area is 141 Å². The Balaban J connectivity index is 1.87. The maximum Gasteiger partial charge on any atom is 0.243 e. The molecule has 3 aromatic rings. The number of aryl methyl sites for hydroxylation is 1. The van der Waals surface area contributed by atoms with Gasteiger partial charge in [0.15, 0.2) is 0 Å². The van der Waals surface area contributed by atoms with Crippen LogP contribution in [0.25, 0.3) is 11.0 Å². The number of para-hydroxylation sites is 2. The van der Waals surface area contributed by atoms with E-state index in [9.17, 15) is 4.79 Å². The SMILES string of the molecule is CCc1nc2ccccc2n1[C@H](CC)C(=O)NCc1cccnc1. The Morgan fingerprint density at radius 2 is 2.04 bits per heavy atom. The summed E-state index contributed by atoms with van der Waals surface area (Å²) in [5, 5.41) is 3.03. The molecule has 0 radical (unpaired) electrons. The lowest BCUT2D eigenvalue weighted by Gasteiger charge is -2.19. The van der Waals surface area contributed by atoms with Crippen LogP contribution in [0.4, 0.5) is 0 Å². The van der Waals surface area contributed by atoms with E-state index in [2.05, 4.69) is 26.8 Å². The average molecular weight is 322 g/mol. The summed E-state index contributed by atoms with van der Waals surface area (Å²) in [6.45, 7) is 4.58. The first-order valence-corrected chi connectivity index (χ1v) is 8.37. The van der Waals surface area contributed by atoms with Crippen LogP contribution < -0.4 is 5.32 Å². The second kappa shape index (κ2) is 7.25. The van der Waals surface area contributed by atoms with Crippen LogP contribution in [0.3, 0.4) is 0 Å². The summed E-state index contributed by atoms with van der Waals surface area (Å²) in [4.78, 5) is 21.5. The molecular formula is C19H22N4O. The van der Waals surface area contributed by atoms with Gasteiger partial charge in [-0.15, -0.1) is 0 Å². The van der Waals surface area contributed by atoms with E-state index in [-0.39, 0.29) is 11.9 Å². The number of aromatic nitrogens is 3. The lowest BCUT2D eigenvalue weighted by atomic mass is 10.1. The van der Waals surface area contributed by atoms with Gasteiger partial charge in [0.1, 0.15) is 11.9 Å². The fraction of sp³-hybridized carbons (Fsp3) is 0.316. The quantitative estimate of drug-likeness (QED) is 0.758. The van der Waals surface area contributed by atoms with Crippen LogP contribution in [0.1, 0.15) is 37.7 Å². The van der Waals surface area contributed by atoms with Crippen molar-refractivity contribution in [3.8, 4) is 0 Å². The Hall–Kier alpha value is -2.69. The number of nitrogens with one attached hydrogen (secondary N) is 1. The van der Waals surface area contributed by atoms with Crippen LogP contribution in [-0.2, 0) is 17.8 Å². The zero-order valence-corrected chi connectivity index (χ0v) is 14.1. The molecule has 24 heavy (non-hydrogen) atoms. The van der Waals surface area contributed by atoms with Crippen LogP contribution in [0.15, 0.2) is 48.8 Å². The summed E-state index contributed by atoms with van der Waals surface area (Å²) >= 11 is 0. The molecule has 1 amide bonds. The molecule has 5 heteroatoms. The number of amides is 1. The molecule has 0 saturated carbocycles. The standard InChI is InChI=1S/C19H22N4O/c1-3-16(19(24)21-13-14-8-7-11-20-12-14)23-17-10-6-5-9-15(17)22-18(23)4-2/h5-12,16H,3-4,13H2,1-2H3,(H,21,24)/t16-/m1/s1. The number of rotatable bonds is 6. The molecule has 0 aliphatic carbocycles. The number of pyridine rings is 1. The smallest absolute Gasteiger partial charge is 0.243 e. The van der Waals surface area contributed by atoms with Crippen LogP contribution in [0.2, 0.25) is 0 Å². The highest BCUT2D eigenvalue weighted by atomic mass is 16.2. The number of carbonyl (C=O) groups is 1. The third-order valence-electron chi connectivity index (χ3n) is 4.18. The molecule has 0 saturated heterocycles. The van der Waals surface area contributed by atoms with Crippen molar-refractivity contribution in [2.45, 2.75) is 39.3 Å². The maximum absolute atomic E-state index is 12.8. The fourth-order valence-electron chi connectivity index (χ4n) is 2.99. The highest BCUT2D eigenvalue weighted by Crippen LogP contribution is 2.24. The number of fused-ring (bicyclic) bond motifs is 1. The van der Waals surface area contributed by atoms with E-state index in [1.54, 1.807) is 12.4 Å². The molecule has 1 atom stereocenters. The number of hydrogen-bond donors (Lipinski definition) is 1.